The smallest absolute Gasteiger partial charge is 1.00 e. The first-order valence-electron chi connectivity index (χ1n) is 26.6. The van der Waals surface area contributed by atoms with Crippen molar-refractivity contribution in [1.29, 1.82) is 0 Å². The molecule has 6 aromatic heterocycles. The molecule has 0 spiro atoms. The van der Waals surface area contributed by atoms with Gasteiger partial charge in [-0.1, -0.05) is 62.1 Å². The minimum atomic E-state index is -4.71. The Hall–Kier alpha value is -7.51. The fraction of sp³-hybridized carbons (Fsp3) is 0.219. The van der Waals surface area contributed by atoms with Crippen LogP contribution in [0.2, 0.25) is 0 Å². The second kappa shape index (κ2) is 29.8. The van der Waals surface area contributed by atoms with E-state index in [4.69, 9.17) is 0 Å². The van der Waals surface area contributed by atoms with Gasteiger partial charge in [-0.05, 0) is 148 Å². The molecule has 0 unspecified atom stereocenters. The molecule has 1 N–H and O–H groups in total. The second-order valence-corrected chi connectivity index (χ2v) is 23.0. The number of carboxylic acid groups (broad SMARTS) is 1. The van der Waals surface area contributed by atoms with Crippen LogP contribution in [0.3, 0.4) is 0 Å². The van der Waals surface area contributed by atoms with Crippen molar-refractivity contribution in [2.24, 2.45) is 0 Å². The maximum Gasteiger partial charge on any atom is 2.00 e. The van der Waals surface area contributed by atoms with Gasteiger partial charge in [0.15, 0.2) is 5.71 Å². The molecular weight excluding hydrogens is 1300 g/mol. The van der Waals surface area contributed by atoms with Gasteiger partial charge < -0.3 is 43.1 Å². The molecule has 8 heterocycles. The van der Waals surface area contributed by atoms with E-state index in [9.17, 15) is 35.8 Å². The molecule has 0 radical (unpaired) electrons. The average molecular weight is 1360 g/mol. The molecule has 10 rings (SSSR count). The third kappa shape index (κ3) is 16.9. The zero-order valence-corrected chi connectivity index (χ0v) is 52.1. The predicted octanol–water partition coefficient (Wildman–Crippen LogP) is 8.33. The van der Waals surface area contributed by atoms with Gasteiger partial charge in [-0.2, -0.15) is 4.58 Å². The Morgan fingerprint density at radius 1 is 0.595 bits per heavy atom. The first kappa shape index (κ1) is 65.6. The van der Waals surface area contributed by atoms with Crippen molar-refractivity contribution in [3.05, 3.63) is 217 Å². The summed E-state index contributed by atoms with van der Waals surface area (Å²) in [6, 6.07) is 41.4. The molecule has 20 heteroatoms. The van der Waals surface area contributed by atoms with Crippen molar-refractivity contribution in [2.75, 3.05) is 18.0 Å². The summed E-state index contributed by atoms with van der Waals surface area (Å²) < 4.78 is 74.3. The van der Waals surface area contributed by atoms with Gasteiger partial charge in [0.05, 0.1) is 49.4 Å². The third-order valence-electron chi connectivity index (χ3n) is 13.9. The number of carboxylic acids is 1. The molecule has 0 fully saturated rings. The number of halogens is 1. The van der Waals surface area contributed by atoms with Gasteiger partial charge in [0.2, 0.25) is 5.69 Å². The number of fused-ring (bicyclic) bond motifs is 2. The Morgan fingerprint density at radius 3 is 1.57 bits per heavy atom. The van der Waals surface area contributed by atoms with E-state index in [0.29, 0.717) is 43.5 Å². The van der Waals surface area contributed by atoms with E-state index in [0.717, 1.165) is 75.4 Å². The van der Waals surface area contributed by atoms with Crippen LogP contribution in [0.25, 0.3) is 34.2 Å². The second-order valence-electron chi connectivity index (χ2n) is 20.2. The number of carbonyl (C=O) groups is 1. The Bertz CT molecular complexity index is 3780. The van der Waals surface area contributed by atoms with Gasteiger partial charge in [-0.25, -0.2) is 16.8 Å². The molecular formula is C64H61IN8O8RuS2. The number of pyridine rings is 6. The van der Waals surface area contributed by atoms with Gasteiger partial charge >= 0.3 is 25.4 Å². The van der Waals surface area contributed by atoms with Crippen molar-refractivity contribution in [3.8, 4) is 46.0 Å². The van der Waals surface area contributed by atoms with E-state index in [1.807, 2.05) is 154 Å². The summed E-state index contributed by atoms with van der Waals surface area (Å²) in [5.41, 5.74) is 9.22. The molecule has 16 nitrogen and oxygen atoms in total. The molecule has 0 saturated heterocycles. The number of nitrogens with zero attached hydrogens (tertiary/aromatic N) is 8. The van der Waals surface area contributed by atoms with Crippen molar-refractivity contribution in [1.82, 2.24) is 29.9 Å². The molecule has 0 bridgehead atoms. The minimum Gasteiger partial charge on any atom is -1.00 e. The summed E-state index contributed by atoms with van der Waals surface area (Å²) in [5, 5.41) is 9.20. The number of hydrogen-bond acceptors (Lipinski definition) is 14. The Morgan fingerprint density at radius 2 is 1.08 bits per heavy atom. The number of anilines is 1. The van der Waals surface area contributed by atoms with Crippen LogP contribution in [0.15, 0.2) is 210 Å². The summed E-state index contributed by atoms with van der Waals surface area (Å²) in [7, 11) is -9.41. The summed E-state index contributed by atoms with van der Waals surface area (Å²) in [5.74, 6) is 5.61. The zero-order valence-electron chi connectivity index (χ0n) is 46.6. The van der Waals surface area contributed by atoms with Crippen molar-refractivity contribution < 1.29 is 83.9 Å². The third-order valence-corrected chi connectivity index (χ3v) is 15.5. The van der Waals surface area contributed by atoms with E-state index in [-0.39, 0.29) is 59.7 Å². The topological polar surface area (TPSA) is 235 Å². The van der Waals surface area contributed by atoms with E-state index < -0.39 is 37.0 Å². The minimum absolute atomic E-state index is 0. The summed E-state index contributed by atoms with van der Waals surface area (Å²) in [6.45, 7) is 8.91. The normalized spacial score (nSPS) is 14.1. The van der Waals surface area contributed by atoms with Crippen molar-refractivity contribution in [3.63, 3.8) is 0 Å². The molecule has 2 aliphatic heterocycles. The quantitative estimate of drug-likeness (QED) is 0.0239. The van der Waals surface area contributed by atoms with Crippen LogP contribution in [0.1, 0.15) is 82.9 Å². The molecule has 0 aliphatic carbocycles. The number of hydrogen-bond donors (Lipinski definition) is 1. The summed E-state index contributed by atoms with van der Waals surface area (Å²) in [6.07, 6.45) is 19.5. The number of rotatable bonds is 16. The van der Waals surface area contributed by atoms with Crippen LogP contribution in [-0.2, 0) is 55.3 Å². The molecule has 432 valence electrons. The van der Waals surface area contributed by atoms with Gasteiger partial charge in [0.1, 0.15) is 26.8 Å². The number of benzene rings is 2. The van der Waals surface area contributed by atoms with Crippen LogP contribution in [0, 0.1) is 11.8 Å². The zero-order chi connectivity index (χ0) is 58.3. The number of aromatic nitrogens is 6. The first-order valence-corrected chi connectivity index (χ1v) is 29.4. The van der Waals surface area contributed by atoms with Crippen LogP contribution >= 0.6 is 0 Å². The molecule has 84 heavy (non-hydrogen) atoms. The van der Waals surface area contributed by atoms with E-state index in [1.165, 1.54) is 24.3 Å². The number of allylic oxidation sites excluding steroid dienone is 4. The molecule has 8 aromatic rings. The Labute approximate surface area is 521 Å². The van der Waals surface area contributed by atoms with Gasteiger partial charge in [-0.15, -0.1) is 0 Å². The van der Waals surface area contributed by atoms with Crippen molar-refractivity contribution in [2.45, 2.75) is 86.8 Å². The number of unbranched alkanes of at least 4 members (excludes halogenated alkanes) is 3. The fourth-order valence-corrected chi connectivity index (χ4v) is 10.7. The van der Waals surface area contributed by atoms with Gasteiger partial charge in [0, 0.05) is 103 Å². The SMILES string of the molecule is CC1(C)C(=CC=CC2=[N+](CCCCC#Cc3ccnc(-c4ccccn4)c3)c3ccc(S(=O)(=O)[O-])cc3C2(C)C)N(CCCCC(=O)O)c2ccc(S(=O)(=O)[O-])cc21.[I-].[Ru+2].c1ccc(-c2ccccn2)nc1.c1ccc(-c2ccccn2)nc1. The van der Waals surface area contributed by atoms with E-state index >= 15 is 0 Å². The Kier molecular flexibility index (Phi) is 23.3. The molecule has 0 atom stereocenters. The summed E-state index contributed by atoms with van der Waals surface area (Å²) in [4.78, 5) is 38.2. The van der Waals surface area contributed by atoms with E-state index in [1.54, 1.807) is 49.3 Å². The Balaban J connectivity index is 0.000000354. The van der Waals surface area contributed by atoms with Gasteiger partial charge in [-0.3, -0.25) is 34.7 Å². The number of aliphatic carboxylic acids is 1. The average Bonchev–Trinajstić information content (AvgIpc) is 2.37. The van der Waals surface area contributed by atoms with Crippen LogP contribution in [0.4, 0.5) is 11.4 Å². The standard InChI is InChI=1S/C44H46N4O8S2.2C10H8N2.HI.Ru/c1-43(2)34-29-32(57(51,52)53)19-21-38(34)47(26-11-6-5-7-14-31-23-25-46-37(28-31)36-15-8-10-24-45-36)40(43)16-13-17-41-44(3,4)35-30-33(58(54,55)56)20-22-39(35)48(41)27-12-9-18-42(49)50;2*1-3-7-11-9(5-1)10-6-2-4-8-12-10;;/h8,10,13,15-17,19-25,28-30H,5-6,9,11-12,18,26-27H2,1-4H3,(H2-,49,50,51,52,53,54,55,56);2*1-8H;1H;/q;;;;+2/p-2. The summed E-state index contributed by atoms with van der Waals surface area (Å²) >= 11 is 0. The molecule has 2 aliphatic rings. The molecule has 2 aromatic carbocycles. The van der Waals surface area contributed by atoms with Crippen LogP contribution < -0.4 is 28.9 Å². The van der Waals surface area contributed by atoms with Gasteiger partial charge in [0.25, 0.3) is 0 Å². The van der Waals surface area contributed by atoms with E-state index in [2.05, 4.69) is 46.3 Å². The maximum absolute atomic E-state index is 12.1. The predicted molar refractivity (Wildman–Crippen MR) is 314 cm³/mol. The molecule has 0 saturated carbocycles. The van der Waals surface area contributed by atoms with Crippen LogP contribution in [0.5, 0.6) is 0 Å². The van der Waals surface area contributed by atoms with Crippen LogP contribution in [-0.4, -0.2) is 90.3 Å². The largest absolute Gasteiger partial charge is 2.00 e. The molecule has 0 amide bonds. The van der Waals surface area contributed by atoms with Crippen molar-refractivity contribution >= 4 is 43.3 Å². The fourth-order valence-electron chi connectivity index (χ4n) is 9.75. The maximum atomic E-state index is 12.1. The first-order chi connectivity index (χ1) is 39.3. The monoisotopic (exact) mass is 1360 g/mol.